The number of benzene rings is 2. The van der Waals surface area contributed by atoms with Crippen LogP contribution in [0.4, 0.5) is 0 Å². The SMILES string of the molecule is COc1ccc2cc([C@H](C)C(=O)N3CCCC3)ccc2c1. The van der Waals surface area contributed by atoms with Crippen molar-refractivity contribution in [3.05, 3.63) is 42.0 Å². The van der Waals surface area contributed by atoms with Crippen molar-refractivity contribution >= 4 is 16.7 Å². The molecular weight excluding hydrogens is 262 g/mol. The zero-order valence-corrected chi connectivity index (χ0v) is 12.6. The Morgan fingerprint density at radius 2 is 1.76 bits per heavy atom. The summed E-state index contributed by atoms with van der Waals surface area (Å²) in [6.07, 6.45) is 2.27. The molecule has 2 aromatic rings. The van der Waals surface area contributed by atoms with Crippen LogP contribution in [0.5, 0.6) is 5.75 Å². The molecule has 1 heterocycles. The van der Waals surface area contributed by atoms with Crippen molar-refractivity contribution in [2.45, 2.75) is 25.7 Å². The molecule has 21 heavy (non-hydrogen) atoms. The molecule has 0 N–H and O–H groups in total. The molecule has 1 saturated heterocycles. The molecule has 110 valence electrons. The Morgan fingerprint density at radius 3 is 2.48 bits per heavy atom. The van der Waals surface area contributed by atoms with Crippen LogP contribution in [0.15, 0.2) is 36.4 Å². The van der Waals surface area contributed by atoms with Crippen LogP contribution in [0.3, 0.4) is 0 Å². The molecule has 0 radical (unpaired) electrons. The second kappa shape index (κ2) is 5.76. The highest BCUT2D eigenvalue weighted by atomic mass is 16.5. The smallest absolute Gasteiger partial charge is 0.229 e. The van der Waals surface area contributed by atoms with E-state index in [0.29, 0.717) is 0 Å². The number of amides is 1. The molecule has 3 nitrogen and oxygen atoms in total. The largest absolute Gasteiger partial charge is 0.497 e. The Bertz CT molecular complexity index is 659. The molecular formula is C18H21NO2. The predicted molar refractivity (Wildman–Crippen MR) is 84.7 cm³/mol. The van der Waals surface area contributed by atoms with Crippen LogP contribution in [-0.2, 0) is 4.79 Å². The second-order valence-corrected chi connectivity index (χ2v) is 5.73. The fraction of sp³-hybridized carbons (Fsp3) is 0.389. The van der Waals surface area contributed by atoms with Crippen molar-refractivity contribution in [2.75, 3.05) is 20.2 Å². The van der Waals surface area contributed by atoms with Crippen molar-refractivity contribution in [1.29, 1.82) is 0 Å². The van der Waals surface area contributed by atoms with E-state index in [1.165, 1.54) is 0 Å². The highest BCUT2D eigenvalue weighted by molar-refractivity contribution is 5.88. The normalized spacial score (nSPS) is 16.2. The first kappa shape index (κ1) is 13.9. The van der Waals surface area contributed by atoms with Gasteiger partial charge in [-0.25, -0.2) is 0 Å². The van der Waals surface area contributed by atoms with E-state index in [1.807, 2.05) is 30.0 Å². The van der Waals surface area contributed by atoms with Gasteiger partial charge in [0.2, 0.25) is 5.91 Å². The average molecular weight is 283 g/mol. The molecule has 1 fully saturated rings. The molecule has 0 spiro atoms. The first-order valence-corrected chi connectivity index (χ1v) is 7.55. The van der Waals surface area contributed by atoms with Crippen LogP contribution >= 0.6 is 0 Å². The summed E-state index contributed by atoms with van der Waals surface area (Å²) in [4.78, 5) is 14.5. The highest BCUT2D eigenvalue weighted by Crippen LogP contribution is 2.26. The highest BCUT2D eigenvalue weighted by Gasteiger charge is 2.24. The number of fused-ring (bicyclic) bond motifs is 1. The maximum Gasteiger partial charge on any atom is 0.229 e. The first-order chi connectivity index (χ1) is 10.2. The number of carbonyl (C=O) groups is 1. The molecule has 1 aliphatic heterocycles. The lowest BCUT2D eigenvalue weighted by Crippen LogP contribution is -2.31. The minimum Gasteiger partial charge on any atom is -0.497 e. The summed E-state index contributed by atoms with van der Waals surface area (Å²) < 4.78 is 5.24. The van der Waals surface area contributed by atoms with Gasteiger partial charge in [0.15, 0.2) is 0 Å². The Balaban J connectivity index is 1.87. The topological polar surface area (TPSA) is 29.5 Å². The lowest BCUT2D eigenvalue weighted by atomic mass is 9.96. The van der Waals surface area contributed by atoms with E-state index in [0.717, 1.165) is 48.0 Å². The second-order valence-electron chi connectivity index (χ2n) is 5.73. The van der Waals surface area contributed by atoms with Crippen LogP contribution in [0.25, 0.3) is 10.8 Å². The predicted octanol–water partition coefficient (Wildman–Crippen LogP) is 3.57. The van der Waals surface area contributed by atoms with Gasteiger partial charge in [0.05, 0.1) is 13.0 Å². The Morgan fingerprint density at radius 1 is 1.10 bits per heavy atom. The van der Waals surface area contributed by atoms with Gasteiger partial charge in [-0.3, -0.25) is 4.79 Å². The van der Waals surface area contributed by atoms with Crippen LogP contribution in [0, 0.1) is 0 Å². The number of rotatable bonds is 3. The number of carbonyl (C=O) groups excluding carboxylic acids is 1. The quantitative estimate of drug-likeness (QED) is 0.861. The Hall–Kier alpha value is -2.03. The Kier molecular flexibility index (Phi) is 3.82. The Labute approximate surface area is 125 Å². The third-order valence-electron chi connectivity index (χ3n) is 4.36. The molecule has 2 aromatic carbocycles. The molecule has 3 rings (SSSR count). The van der Waals surface area contributed by atoms with E-state index < -0.39 is 0 Å². The molecule has 0 saturated carbocycles. The summed E-state index contributed by atoms with van der Waals surface area (Å²) in [5.74, 6) is 1.03. The fourth-order valence-corrected chi connectivity index (χ4v) is 2.99. The maximum atomic E-state index is 12.5. The van der Waals surface area contributed by atoms with E-state index >= 15 is 0 Å². The van der Waals surface area contributed by atoms with Gasteiger partial charge in [-0.15, -0.1) is 0 Å². The van der Waals surface area contributed by atoms with Gasteiger partial charge in [-0.1, -0.05) is 24.3 Å². The minimum atomic E-state index is -0.0744. The third kappa shape index (κ3) is 2.73. The van der Waals surface area contributed by atoms with Gasteiger partial charge in [-0.05, 0) is 48.2 Å². The molecule has 3 heteroatoms. The van der Waals surface area contributed by atoms with E-state index in [1.54, 1.807) is 7.11 Å². The van der Waals surface area contributed by atoms with Crippen molar-refractivity contribution in [3.63, 3.8) is 0 Å². The van der Waals surface area contributed by atoms with Crippen LogP contribution in [-0.4, -0.2) is 31.0 Å². The van der Waals surface area contributed by atoms with Gasteiger partial charge in [-0.2, -0.15) is 0 Å². The summed E-state index contributed by atoms with van der Waals surface area (Å²) in [6.45, 7) is 3.83. The maximum absolute atomic E-state index is 12.5. The van der Waals surface area contributed by atoms with E-state index in [4.69, 9.17) is 4.74 Å². The molecule has 1 aliphatic rings. The fourth-order valence-electron chi connectivity index (χ4n) is 2.99. The first-order valence-electron chi connectivity index (χ1n) is 7.55. The van der Waals surface area contributed by atoms with E-state index in [-0.39, 0.29) is 11.8 Å². The molecule has 0 bridgehead atoms. The molecule has 0 aliphatic carbocycles. The van der Waals surface area contributed by atoms with Crippen LogP contribution in [0.2, 0.25) is 0 Å². The van der Waals surface area contributed by atoms with Crippen molar-refractivity contribution < 1.29 is 9.53 Å². The summed E-state index contributed by atoms with van der Waals surface area (Å²) >= 11 is 0. The van der Waals surface area contributed by atoms with E-state index in [9.17, 15) is 4.79 Å². The average Bonchev–Trinajstić information content (AvgIpc) is 3.06. The monoisotopic (exact) mass is 283 g/mol. The van der Waals surface area contributed by atoms with Gasteiger partial charge in [0.25, 0.3) is 0 Å². The van der Waals surface area contributed by atoms with Crippen LogP contribution in [0.1, 0.15) is 31.2 Å². The lowest BCUT2D eigenvalue weighted by molar-refractivity contribution is -0.131. The third-order valence-corrected chi connectivity index (χ3v) is 4.36. The zero-order valence-electron chi connectivity index (χ0n) is 12.6. The minimum absolute atomic E-state index is 0.0744. The summed E-state index contributed by atoms with van der Waals surface area (Å²) in [5.41, 5.74) is 1.09. The zero-order chi connectivity index (χ0) is 14.8. The van der Waals surface area contributed by atoms with Gasteiger partial charge < -0.3 is 9.64 Å². The number of methoxy groups -OCH3 is 1. The molecule has 1 amide bonds. The number of hydrogen-bond acceptors (Lipinski definition) is 2. The summed E-state index contributed by atoms with van der Waals surface area (Å²) in [5, 5.41) is 2.29. The number of hydrogen-bond donors (Lipinski definition) is 0. The van der Waals surface area contributed by atoms with Crippen molar-refractivity contribution in [3.8, 4) is 5.75 Å². The lowest BCUT2D eigenvalue weighted by Gasteiger charge is -2.20. The number of ether oxygens (including phenoxy) is 1. The van der Waals surface area contributed by atoms with Gasteiger partial charge >= 0.3 is 0 Å². The number of nitrogens with zero attached hydrogens (tertiary/aromatic N) is 1. The molecule has 0 aromatic heterocycles. The van der Waals surface area contributed by atoms with Gasteiger partial charge in [0.1, 0.15) is 5.75 Å². The number of likely N-dealkylation sites (tertiary alicyclic amines) is 1. The summed E-state index contributed by atoms with van der Waals surface area (Å²) in [7, 11) is 1.67. The molecule has 1 atom stereocenters. The van der Waals surface area contributed by atoms with E-state index in [2.05, 4.69) is 18.2 Å². The molecule has 0 unspecified atom stereocenters. The standard InChI is InChI=1S/C18H21NO2/c1-13(18(20)19-9-3-4-10-19)14-5-6-16-12-17(21-2)8-7-15(16)11-14/h5-8,11-13H,3-4,9-10H2,1-2H3/t13-/m0/s1. The summed E-state index contributed by atoms with van der Waals surface area (Å²) in [6, 6.07) is 12.3. The van der Waals surface area contributed by atoms with Crippen LogP contribution < -0.4 is 4.74 Å². The van der Waals surface area contributed by atoms with Gasteiger partial charge in [0, 0.05) is 13.1 Å². The van der Waals surface area contributed by atoms with Crippen molar-refractivity contribution in [2.24, 2.45) is 0 Å². The van der Waals surface area contributed by atoms with Crippen molar-refractivity contribution in [1.82, 2.24) is 4.90 Å².